The van der Waals surface area contributed by atoms with Gasteiger partial charge < -0.3 is 5.73 Å². The molecule has 2 heteroatoms. The summed E-state index contributed by atoms with van der Waals surface area (Å²) in [6.45, 7) is 3.13. The zero-order valence-corrected chi connectivity index (χ0v) is 12.4. The van der Waals surface area contributed by atoms with Gasteiger partial charge in [0.25, 0.3) is 0 Å². The van der Waals surface area contributed by atoms with Crippen LogP contribution in [0.15, 0.2) is 60.7 Å². The maximum absolute atomic E-state index is 6.46. The van der Waals surface area contributed by atoms with Gasteiger partial charge in [-0.05, 0) is 24.6 Å². The molecule has 0 bridgehead atoms. The summed E-state index contributed by atoms with van der Waals surface area (Å²) in [6.07, 6.45) is 1.04. The van der Waals surface area contributed by atoms with Gasteiger partial charge in [0, 0.05) is 18.6 Å². The highest BCUT2D eigenvalue weighted by molar-refractivity contribution is 5.20. The lowest BCUT2D eigenvalue weighted by molar-refractivity contribution is 0.197. The number of benzene rings is 2. The van der Waals surface area contributed by atoms with Crippen molar-refractivity contribution in [1.29, 1.82) is 0 Å². The lowest BCUT2D eigenvalue weighted by atomic mass is 9.97. The minimum atomic E-state index is 0.0508. The predicted molar refractivity (Wildman–Crippen MR) is 85.4 cm³/mol. The molecule has 106 valence electrons. The smallest absolute Gasteiger partial charge is 0.0453 e. The molecule has 2 unspecified atom stereocenters. The molecule has 0 amide bonds. The summed E-state index contributed by atoms with van der Waals surface area (Å²) in [6, 6.07) is 21.3. The highest BCUT2D eigenvalue weighted by Crippen LogP contribution is 2.21. The van der Waals surface area contributed by atoms with Crippen LogP contribution in [0, 0.1) is 0 Å². The second-order valence-electron chi connectivity index (χ2n) is 5.31. The van der Waals surface area contributed by atoms with E-state index >= 15 is 0 Å². The van der Waals surface area contributed by atoms with E-state index in [9.17, 15) is 0 Å². The Labute approximate surface area is 122 Å². The molecular weight excluding hydrogens is 244 g/mol. The molecule has 0 fully saturated rings. The zero-order valence-electron chi connectivity index (χ0n) is 12.4. The minimum Gasteiger partial charge on any atom is -0.323 e. The third-order valence-electron chi connectivity index (χ3n) is 3.86. The fourth-order valence-electron chi connectivity index (χ4n) is 2.73. The Hall–Kier alpha value is -1.64. The molecule has 0 spiro atoms. The molecule has 0 saturated carbocycles. The van der Waals surface area contributed by atoms with Crippen molar-refractivity contribution in [3.05, 3.63) is 71.8 Å². The largest absolute Gasteiger partial charge is 0.323 e. The first kappa shape index (κ1) is 14.8. The van der Waals surface area contributed by atoms with Crippen molar-refractivity contribution in [3.8, 4) is 0 Å². The summed E-state index contributed by atoms with van der Waals surface area (Å²) in [5, 5.41) is 0. The van der Waals surface area contributed by atoms with E-state index in [1.165, 1.54) is 11.1 Å². The van der Waals surface area contributed by atoms with Crippen LogP contribution in [0.1, 0.15) is 30.5 Å². The van der Waals surface area contributed by atoms with Crippen LogP contribution in [0.5, 0.6) is 0 Å². The Morgan fingerprint density at radius 1 is 0.950 bits per heavy atom. The van der Waals surface area contributed by atoms with Crippen LogP contribution in [0.4, 0.5) is 0 Å². The summed E-state index contributed by atoms with van der Waals surface area (Å²) < 4.78 is 0. The first-order chi connectivity index (χ1) is 9.72. The van der Waals surface area contributed by atoms with Crippen LogP contribution < -0.4 is 5.73 Å². The molecule has 2 atom stereocenters. The molecule has 0 aliphatic carbocycles. The molecule has 0 aliphatic heterocycles. The van der Waals surface area contributed by atoms with Gasteiger partial charge in [0.15, 0.2) is 0 Å². The lowest BCUT2D eigenvalue weighted by Crippen LogP contribution is -2.39. The Morgan fingerprint density at radius 2 is 1.50 bits per heavy atom. The molecule has 2 aromatic carbocycles. The average Bonchev–Trinajstić information content (AvgIpc) is 2.49. The molecule has 0 aliphatic rings. The van der Waals surface area contributed by atoms with Gasteiger partial charge in [-0.3, -0.25) is 4.90 Å². The number of nitrogens with two attached hydrogens (primary N) is 1. The van der Waals surface area contributed by atoms with Crippen molar-refractivity contribution in [2.75, 3.05) is 7.05 Å². The van der Waals surface area contributed by atoms with E-state index < -0.39 is 0 Å². The van der Waals surface area contributed by atoms with E-state index in [1.807, 2.05) is 6.07 Å². The van der Waals surface area contributed by atoms with Crippen LogP contribution >= 0.6 is 0 Å². The molecular formula is C18H24N2. The molecule has 0 heterocycles. The summed E-state index contributed by atoms with van der Waals surface area (Å²) in [5.74, 6) is 0. The Kier molecular flexibility index (Phi) is 5.33. The maximum Gasteiger partial charge on any atom is 0.0453 e. The van der Waals surface area contributed by atoms with E-state index in [4.69, 9.17) is 5.73 Å². The molecule has 2 N–H and O–H groups in total. The van der Waals surface area contributed by atoms with Crippen molar-refractivity contribution >= 4 is 0 Å². The van der Waals surface area contributed by atoms with Crippen LogP contribution in [-0.2, 0) is 6.54 Å². The first-order valence-corrected chi connectivity index (χ1v) is 7.27. The van der Waals surface area contributed by atoms with Crippen molar-refractivity contribution in [3.63, 3.8) is 0 Å². The Bertz CT molecular complexity index is 495. The molecule has 0 radical (unpaired) electrons. The van der Waals surface area contributed by atoms with Gasteiger partial charge in [0.05, 0.1) is 0 Å². The van der Waals surface area contributed by atoms with E-state index in [1.54, 1.807) is 0 Å². The normalized spacial score (nSPS) is 14.2. The molecule has 2 nitrogen and oxygen atoms in total. The van der Waals surface area contributed by atoms with Gasteiger partial charge in [-0.1, -0.05) is 67.6 Å². The van der Waals surface area contributed by atoms with Crippen LogP contribution in [0.2, 0.25) is 0 Å². The summed E-state index contributed by atoms with van der Waals surface area (Å²) in [7, 11) is 2.16. The lowest BCUT2D eigenvalue weighted by Gasteiger charge is -2.32. The van der Waals surface area contributed by atoms with Gasteiger partial charge in [-0.2, -0.15) is 0 Å². The van der Waals surface area contributed by atoms with E-state index in [0.29, 0.717) is 6.04 Å². The quantitative estimate of drug-likeness (QED) is 0.867. The highest BCUT2D eigenvalue weighted by atomic mass is 15.1. The van der Waals surface area contributed by atoms with Crippen LogP contribution in [0.25, 0.3) is 0 Å². The van der Waals surface area contributed by atoms with E-state index in [0.717, 1.165) is 13.0 Å². The van der Waals surface area contributed by atoms with Crippen LogP contribution in [-0.4, -0.2) is 18.0 Å². The summed E-state index contributed by atoms with van der Waals surface area (Å²) in [5.41, 5.74) is 9.00. The van der Waals surface area contributed by atoms with Gasteiger partial charge in [-0.25, -0.2) is 0 Å². The topological polar surface area (TPSA) is 29.3 Å². The number of likely N-dealkylation sites (N-methyl/N-ethyl adjacent to an activating group) is 1. The number of rotatable bonds is 6. The van der Waals surface area contributed by atoms with Crippen LogP contribution in [0.3, 0.4) is 0 Å². The summed E-state index contributed by atoms with van der Waals surface area (Å²) in [4.78, 5) is 2.35. The second kappa shape index (κ2) is 7.22. The molecule has 2 aromatic rings. The molecule has 0 aromatic heterocycles. The van der Waals surface area contributed by atoms with Crippen molar-refractivity contribution in [2.45, 2.75) is 32.0 Å². The zero-order chi connectivity index (χ0) is 14.4. The molecule has 0 saturated heterocycles. The summed E-state index contributed by atoms with van der Waals surface area (Å²) >= 11 is 0. The third-order valence-corrected chi connectivity index (χ3v) is 3.86. The maximum atomic E-state index is 6.46. The SMILES string of the molecule is CCC(C(N)c1ccccc1)N(C)Cc1ccccc1. The Morgan fingerprint density at radius 3 is 2.05 bits per heavy atom. The predicted octanol–water partition coefficient (Wildman–Crippen LogP) is 3.60. The Balaban J connectivity index is 2.07. The average molecular weight is 268 g/mol. The van der Waals surface area contributed by atoms with Crippen molar-refractivity contribution in [2.24, 2.45) is 5.73 Å². The molecule has 20 heavy (non-hydrogen) atoms. The van der Waals surface area contributed by atoms with Crippen molar-refractivity contribution < 1.29 is 0 Å². The van der Waals surface area contributed by atoms with Gasteiger partial charge in [0.2, 0.25) is 0 Å². The second-order valence-corrected chi connectivity index (χ2v) is 5.31. The van der Waals surface area contributed by atoms with Gasteiger partial charge in [-0.15, -0.1) is 0 Å². The first-order valence-electron chi connectivity index (χ1n) is 7.27. The van der Waals surface area contributed by atoms with Gasteiger partial charge in [0.1, 0.15) is 0 Å². The standard InChI is InChI=1S/C18H24N2/c1-3-17(18(19)16-12-8-5-9-13-16)20(2)14-15-10-6-4-7-11-15/h4-13,17-18H,3,14,19H2,1-2H3. The highest BCUT2D eigenvalue weighted by Gasteiger charge is 2.21. The van der Waals surface area contributed by atoms with E-state index in [-0.39, 0.29) is 6.04 Å². The fourth-order valence-corrected chi connectivity index (χ4v) is 2.73. The third kappa shape index (κ3) is 3.69. The monoisotopic (exact) mass is 268 g/mol. The van der Waals surface area contributed by atoms with Crippen molar-refractivity contribution in [1.82, 2.24) is 4.90 Å². The van der Waals surface area contributed by atoms with Gasteiger partial charge >= 0.3 is 0 Å². The van der Waals surface area contributed by atoms with E-state index in [2.05, 4.69) is 73.5 Å². The number of hydrogen-bond acceptors (Lipinski definition) is 2. The number of nitrogens with zero attached hydrogens (tertiary/aromatic N) is 1. The molecule has 2 rings (SSSR count). The number of hydrogen-bond donors (Lipinski definition) is 1. The fraction of sp³-hybridized carbons (Fsp3) is 0.333. The minimum absolute atomic E-state index is 0.0508.